The summed E-state index contributed by atoms with van der Waals surface area (Å²) in [4.78, 5) is 40.7. The number of benzene rings is 4. The Morgan fingerprint density at radius 3 is 2.04 bits per heavy atom. The van der Waals surface area contributed by atoms with Crippen LogP contribution in [0.1, 0.15) is 36.8 Å². The van der Waals surface area contributed by atoms with Gasteiger partial charge in [-0.05, 0) is 60.4 Å². The van der Waals surface area contributed by atoms with Crippen molar-refractivity contribution < 1.29 is 22.9 Å². The first-order valence-electron chi connectivity index (χ1n) is 15.3. The number of non-ortho nitro benzene ring substituents is 1. The number of rotatable bonds is 13. The highest BCUT2D eigenvalue weighted by atomic mass is 35.5. The highest BCUT2D eigenvalue weighted by Crippen LogP contribution is 2.27. The van der Waals surface area contributed by atoms with Crippen LogP contribution in [0.15, 0.2) is 114 Å². The number of carbonyl (C=O) groups excluding carboxylic acids is 2. The van der Waals surface area contributed by atoms with Gasteiger partial charge in [0.2, 0.25) is 11.8 Å². The first-order valence-corrected chi connectivity index (χ1v) is 17.1. The number of amides is 2. The van der Waals surface area contributed by atoms with Crippen LogP contribution in [0.5, 0.6) is 0 Å². The molecule has 0 aromatic heterocycles. The van der Waals surface area contributed by atoms with Crippen molar-refractivity contribution in [3.8, 4) is 0 Å². The molecule has 1 aliphatic rings. The van der Waals surface area contributed by atoms with Crippen LogP contribution >= 0.6 is 11.6 Å². The molecule has 47 heavy (non-hydrogen) atoms. The Morgan fingerprint density at radius 1 is 0.851 bits per heavy atom. The Kier molecular flexibility index (Phi) is 10.9. The van der Waals surface area contributed by atoms with E-state index in [0.29, 0.717) is 10.6 Å². The van der Waals surface area contributed by atoms with Crippen molar-refractivity contribution in [2.75, 3.05) is 10.8 Å². The molecule has 2 amide bonds. The van der Waals surface area contributed by atoms with Gasteiger partial charge in [-0.15, -0.1) is 0 Å². The molecule has 5 rings (SSSR count). The van der Waals surface area contributed by atoms with E-state index in [4.69, 9.17) is 11.6 Å². The average Bonchev–Trinajstić information content (AvgIpc) is 3.60. The Hall–Kier alpha value is -4.74. The normalized spacial score (nSPS) is 13.9. The topological polar surface area (TPSA) is 130 Å². The fourth-order valence-electron chi connectivity index (χ4n) is 5.70. The van der Waals surface area contributed by atoms with Crippen molar-refractivity contribution >= 4 is 44.8 Å². The van der Waals surface area contributed by atoms with Gasteiger partial charge in [-0.2, -0.15) is 0 Å². The predicted molar refractivity (Wildman–Crippen MR) is 180 cm³/mol. The highest BCUT2D eigenvalue weighted by molar-refractivity contribution is 7.92. The maximum Gasteiger partial charge on any atom is 0.269 e. The maximum absolute atomic E-state index is 14.5. The molecule has 4 aromatic rings. The number of hydrogen-bond donors (Lipinski definition) is 1. The number of nitrogens with zero attached hydrogens (tertiary/aromatic N) is 3. The highest BCUT2D eigenvalue weighted by Gasteiger charge is 2.35. The SMILES string of the molecule is O=C(NC1CCCC1)[C@H](Cc1ccccc1)N(Cc1ccc(Cl)cc1)C(=O)CN(c1ccc([N+](=O)[O-])cc1)S(=O)(=O)c1ccccc1. The molecule has 4 aromatic carbocycles. The summed E-state index contributed by atoms with van der Waals surface area (Å²) in [7, 11) is -4.32. The minimum Gasteiger partial charge on any atom is -0.352 e. The number of nitro groups is 1. The van der Waals surface area contributed by atoms with E-state index < -0.39 is 33.4 Å². The van der Waals surface area contributed by atoms with E-state index in [1.165, 1.54) is 41.3 Å². The third kappa shape index (κ3) is 8.55. The summed E-state index contributed by atoms with van der Waals surface area (Å²) in [6, 6.07) is 27.8. The molecule has 1 fully saturated rings. The quantitative estimate of drug-likeness (QED) is 0.134. The van der Waals surface area contributed by atoms with Gasteiger partial charge in [-0.25, -0.2) is 8.42 Å². The number of carbonyl (C=O) groups is 2. The largest absolute Gasteiger partial charge is 0.352 e. The van der Waals surface area contributed by atoms with E-state index in [9.17, 15) is 28.1 Å². The summed E-state index contributed by atoms with van der Waals surface area (Å²) >= 11 is 6.14. The van der Waals surface area contributed by atoms with E-state index in [0.717, 1.165) is 35.6 Å². The Bertz CT molecular complexity index is 1780. The van der Waals surface area contributed by atoms with Crippen molar-refractivity contribution in [1.29, 1.82) is 0 Å². The molecule has 0 saturated heterocycles. The number of hydrogen-bond acceptors (Lipinski definition) is 6. The molecule has 0 aliphatic heterocycles. The number of anilines is 1. The van der Waals surface area contributed by atoms with Gasteiger partial charge in [-0.3, -0.25) is 24.0 Å². The van der Waals surface area contributed by atoms with Crippen LogP contribution in [0.4, 0.5) is 11.4 Å². The van der Waals surface area contributed by atoms with Crippen molar-refractivity contribution in [3.05, 3.63) is 135 Å². The lowest BCUT2D eigenvalue weighted by Crippen LogP contribution is -2.54. The van der Waals surface area contributed by atoms with E-state index in [-0.39, 0.29) is 41.2 Å². The van der Waals surface area contributed by atoms with Crippen molar-refractivity contribution in [1.82, 2.24) is 10.2 Å². The van der Waals surface area contributed by atoms with E-state index >= 15 is 0 Å². The van der Waals surface area contributed by atoms with Crippen LogP contribution < -0.4 is 9.62 Å². The molecule has 0 spiro atoms. The Labute approximate surface area is 279 Å². The second-order valence-electron chi connectivity index (χ2n) is 11.4. The average molecular weight is 675 g/mol. The lowest BCUT2D eigenvalue weighted by atomic mass is 10.0. The van der Waals surface area contributed by atoms with Gasteiger partial charge in [0.25, 0.3) is 15.7 Å². The summed E-state index contributed by atoms with van der Waals surface area (Å²) in [5, 5.41) is 15.0. The van der Waals surface area contributed by atoms with E-state index in [1.807, 2.05) is 30.3 Å². The fourth-order valence-corrected chi connectivity index (χ4v) is 7.26. The van der Waals surface area contributed by atoms with Crippen LogP contribution in [0, 0.1) is 10.1 Å². The first kappa shape index (κ1) is 33.6. The third-order valence-electron chi connectivity index (χ3n) is 8.20. The molecule has 1 N–H and O–H groups in total. The summed E-state index contributed by atoms with van der Waals surface area (Å²) in [6.45, 7) is -0.657. The minimum absolute atomic E-state index is 0.00503. The molecule has 0 radical (unpaired) electrons. The van der Waals surface area contributed by atoms with Crippen LogP contribution in [0.3, 0.4) is 0 Å². The zero-order chi connectivity index (χ0) is 33.4. The van der Waals surface area contributed by atoms with E-state index in [1.54, 1.807) is 42.5 Å². The lowest BCUT2D eigenvalue weighted by Gasteiger charge is -2.34. The number of halogens is 1. The minimum atomic E-state index is -4.32. The van der Waals surface area contributed by atoms with Crippen LogP contribution in [-0.4, -0.2) is 48.7 Å². The van der Waals surface area contributed by atoms with Crippen LogP contribution in [-0.2, 0) is 32.6 Å². The first-order chi connectivity index (χ1) is 22.6. The van der Waals surface area contributed by atoms with Crippen LogP contribution in [0.25, 0.3) is 0 Å². The second kappa shape index (κ2) is 15.2. The summed E-state index contributed by atoms with van der Waals surface area (Å²) in [5.41, 5.74) is 1.36. The zero-order valence-electron chi connectivity index (χ0n) is 25.6. The maximum atomic E-state index is 14.5. The molecule has 1 atom stereocenters. The van der Waals surface area contributed by atoms with Gasteiger partial charge >= 0.3 is 0 Å². The summed E-state index contributed by atoms with van der Waals surface area (Å²) in [6.07, 6.45) is 3.89. The van der Waals surface area contributed by atoms with Gasteiger partial charge in [0, 0.05) is 36.2 Å². The van der Waals surface area contributed by atoms with Gasteiger partial charge < -0.3 is 10.2 Å². The molecule has 0 heterocycles. The Balaban J connectivity index is 1.56. The second-order valence-corrected chi connectivity index (χ2v) is 13.7. The van der Waals surface area contributed by atoms with Crippen molar-refractivity contribution in [2.24, 2.45) is 0 Å². The third-order valence-corrected chi connectivity index (χ3v) is 10.2. The molecule has 0 bridgehead atoms. The van der Waals surface area contributed by atoms with Crippen molar-refractivity contribution in [2.45, 2.75) is 55.6 Å². The lowest BCUT2D eigenvalue weighted by molar-refractivity contribution is -0.384. The number of nitro benzene ring substituents is 1. The van der Waals surface area contributed by atoms with Crippen LogP contribution in [0.2, 0.25) is 5.02 Å². The molecule has 10 nitrogen and oxygen atoms in total. The number of sulfonamides is 1. The van der Waals surface area contributed by atoms with Gasteiger partial charge in [0.15, 0.2) is 0 Å². The summed E-state index contributed by atoms with van der Waals surface area (Å²) < 4.78 is 29.0. The molecule has 1 aliphatic carbocycles. The van der Waals surface area contributed by atoms with Gasteiger partial charge in [-0.1, -0.05) is 85.1 Å². The van der Waals surface area contributed by atoms with Crippen molar-refractivity contribution in [3.63, 3.8) is 0 Å². The molecule has 1 saturated carbocycles. The molecule has 0 unspecified atom stereocenters. The molecular formula is C35H35ClN4O6S. The smallest absolute Gasteiger partial charge is 0.269 e. The number of nitrogens with one attached hydrogen (secondary N) is 1. The standard InChI is InChI=1S/C35H35ClN4O6S/c36-28-17-15-27(16-18-28)24-38(33(23-26-9-3-1-4-10-26)35(42)37-29-11-7-8-12-29)34(41)25-39(30-19-21-31(22-20-30)40(43)44)47(45,46)32-13-5-2-6-14-32/h1-6,9-10,13-22,29,33H,7-8,11-12,23-25H2,(H,37,42)/t33-/m0/s1. The summed E-state index contributed by atoms with van der Waals surface area (Å²) in [5.74, 6) is -0.948. The van der Waals surface area contributed by atoms with Gasteiger partial charge in [0.05, 0.1) is 15.5 Å². The molecular weight excluding hydrogens is 640 g/mol. The fraction of sp³-hybridized carbons (Fsp3) is 0.257. The van der Waals surface area contributed by atoms with E-state index in [2.05, 4.69) is 5.32 Å². The van der Waals surface area contributed by atoms with Gasteiger partial charge in [0.1, 0.15) is 12.6 Å². The zero-order valence-corrected chi connectivity index (χ0v) is 27.1. The monoisotopic (exact) mass is 674 g/mol. The molecule has 12 heteroatoms. The predicted octanol–water partition coefficient (Wildman–Crippen LogP) is 6.14. The molecule has 244 valence electrons. The Morgan fingerprint density at radius 2 is 1.45 bits per heavy atom.